The van der Waals surface area contributed by atoms with E-state index in [0.717, 1.165) is 0 Å². The maximum atomic E-state index is 13.9. The molecule has 0 radical (unpaired) electrons. The smallest absolute Gasteiger partial charge is 0.265 e. The minimum absolute atomic E-state index is 0.141. The van der Waals surface area contributed by atoms with Crippen molar-refractivity contribution in [1.82, 2.24) is 9.21 Å². The summed E-state index contributed by atoms with van der Waals surface area (Å²) in [4.78, 5) is 15.2. The number of sulfonamides is 1. The number of fused-ring (bicyclic) bond motifs is 1. The Kier molecular flexibility index (Phi) is 5.39. The molecular weight excluding hydrogens is 413 g/mol. The third-order valence-electron chi connectivity index (χ3n) is 4.92. The summed E-state index contributed by atoms with van der Waals surface area (Å²) >= 11 is 1.19. The molecule has 1 amide bonds. The van der Waals surface area contributed by atoms with Crippen molar-refractivity contribution in [3.8, 4) is 0 Å². The van der Waals surface area contributed by atoms with Crippen molar-refractivity contribution in [2.45, 2.75) is 4.90 Å². The minimum atomic E-state index is -3.63. The van der Waals surface area contributed by atoms with Gasteiger partial charge in [0, 0.05) is 42.0 Å². The summed E-state index contributed by atoms with van der Waals surface area (Å²) in [6, 6.07) is 12.4. The van der Waals surface area contributed by atoms with Gasteiger partial charge in [-0.25, -0.2) is 12.8 Å². The fourth-order valence-electron chi connectivity index (χ4n) is 3.24. The maximum Gasteiger partial charge on any atom is 0.265 e. The van der Waals surface area contributed by atoms with E-state index in [4.69, 9.17) is 0 Å². The third kappa shape index (κ3) is 4.04. The molecule has 2 aromatic carbocycles. The molecule has 4 rings (SSSR count). The lowest BCUT2D eigenvalue weighted by Gasteiger charge is -2.31. The van der Waals surface area contributed by atoms with Gasteiger partial charge in [-0.3, -0.25) is 4.79 Å². The van der Waals surface area contributed by atoms with Crippen LogP contribution in [0.1, 0.15) is 9.67 Å². The molecule has 0 atom stereocenters. The van der Waals surface area contributed by atoms with Crippen LogP contribution in [0.2, 0.25) is 0 Å². The van der Waals surface area contributed by atoms with Crippen molar-refractivity contribution in [1.29, 1.82) is 0 Å². The quantitative estimate of drug-likeness (QED) is 0.686. The third-order valence-corrected chi connectivity index (χ3v) is 7.92. The molecule has 3 aromatic rings. The number of carbonyl (C=O) groups excluding carboxylic acids is 1. The van der Waals surface area contributed by atoms with Gasteiger partial charge < -0.3 is 10.2 Å². The molecule has 9 heteroatoms. The second kappa shape index (κ2) is 7.83. The fraction of sp³-hybridized carbons (Fsp3) is 0.250. The predicted octanol–water partition coefficient (Wildman–Crippen LogP) is 3.23. The molecule has 1 fully saturated rings. The molecule has 1 N–H and O–H groups in total. The number of hydrogen-bond donors (Lipinski definition) is 1. The summed E-state index contributed by atoms with van der Waals surface area (Å²) in [5.74, 6) is -0.780. The van der Waals surface area contributed by atoms with Crippen LogP contribution < -0.4 is 5.32 Å². The summed E-state index contributed by atoms with van der Waals surface area (Å²) in [6.45, 7) is 2.22. The molecule has 1 aromatic heterocycles. The molecule has 29 heavy (non-hydrogen) atoms. The number of amides is 1. The highest BCUT2D eigenvalue weighted by molar-refractivity contribution is 7.89. The molecule has 0 saturated carbocycles. The Bertz CT molecular complexity index is 1170. The van der Waals surface area contributed by atoms with Crippen LogP contribution in [0.3, 0.4) is 0 Å². The number of rotatable bonds is 4. The van der Waals surface area contributed by atoms with Crippen LogP contribution in [0.4, 0.5) is 10.1 Å². The Hall–Kier alpha value is -2.33. The molecule has 152 valence electrons. The van der Waals surface area contributed by atoms with Crippen LogP contribution in [-0.2, 0) is 10.0 Å². The van der Waals surface area contributed by atoms with Crippen LogP contribution in [0, 0.1) is 5.82 Å². The Labute approximate surface area is 172 Å². The Morgan fingerprint density at radius 3 is 2.52 bits per heavy atom. The molecule has 1 saturated heterocycles. The van der Waals surface area contributed by atoms with E-state index >= 15 is 0 Å². The summed E-state index contributed by atoms with van der Waals surface area (Å²) in [7, 11) is -1.67. The number of carbonyl (C=O) groups is 1. The topological polar surface area (TPSA) is 69.7 Å². The van der Waals surface area contributed by atoms with Crippen LogP contribution in [-0.4, -0.2) is 56.8 Å². The minimum Gasteiger partial charge on any atom is -0.321 e. The first-order valence-electron chi connectivity index (χ1n) is 9.13. The number of thiophene rings is 1. The van der Waals surface area contributed by atoms with Gasteiger partial charge in [0.25, 0.3) is 5.91 Å². The number of anilines is 1. The van der Waals surface area contributed by atoms with Crippen LogP contribution in [0.25, 0.3) is 10.1 Å². The lowest BCUT2D eigenvalue weighted by molar-refractivity contribution is 0.103. The second-order valence-corrected chi connectivity index (χ2v) is 9.97. The Balaban J connectivity index is 1.55. The first kappa shape index (κ1) is 20.0. The van der Waals surface area contributed by atoms with Crippen molar-refractivity contribution >= 4 is 43.0 Å². The summed E-state index contributed by atoms with van der Waals surface area (Å²) in [5, 5.41) is 3.12. The van der Waals surface area contributed by atoms with E-state index in [1.807, 2.05) is 7.05 Å². The molecule has 6 nitrogen and oxygen atoms in total. The molecule has 2 heterocycles. The van der Waals surface area contributed by atoms with E-state index in [-0.39, 0.29) is 10.7 Å². The van der Waals surface area contributed by atoms with E-state index in [1.165, 1.54) is 39.9 Å². The fourth-order valence-corrected chi connectivity index (χ4v) is 5.68. The Morgan fingerprint density at radius 2 is 1.79 bits per heavy atom. The van der Waals surface area contributed by atoms with E-state index in [2.05, 4.69) is 10.2 Å². The van der Waals surface area contributed by atoms with Gasteiger partial charge in [-0.05, 0) is 43.4 Å². The van der Waals surface area contributed by atoms with E-state index < -0.39 is 15.9 Å². The first-order chi connectivity index (χ1) is 13.8. The zero-order valence-electron chi connectivity index (χ0n) is 15.8. The van der Waals surface area contributed by atoms with Crippen LogP contribution in [0.15, 0.2) is 53.4 Å². The average molecular weight is 434 g/mol. The van der Waals surface area contributed by atoms with Crippen molar-refractivity contribution in [3.63, 3.8) is 0 Å². The van der Waals surface area contributed by atoms with Crippen LogP contribution >= 0.6 is 11.3 Å². The Morgan fingerprint density at radius 1 is 1.07 bits per heavy atom. The van der Waals surface area contributed by atoms with Crippen molar-refractivity contribution in [2.75, 3.05) is 38.5 Å². The number of halogens is 1. The van der Waals surface area contributed by atoms with Crippen molar-refractivity contribution < 1.29 is 17.6 Å². The summed E-state index contributed by atoms with van der Waals surface area (Å²) < 4.78 is 41.8. The number of benzene rings is 2. The molecule has 1 aliphatic heterocycles. The number of piperazine rings is 1. The average Bonchev–Trinajstić information content (AvgIpc) is 3.15. The van der Waals surface area contributed by atoms with Gasteiger partial charge in [-0.15, -0.1) is 11.3 Å². The van der Waals surface area contributed by atoms with E-state index in [9.17, 15) is 17.6 Å². The van der Waals surface area contributed by atoms with Gasteiger partial charge in [0.05, 0.1) is 9.77 Å². The molecule has 0 bridgehead atoms. The van der Waals surface area contributed by atoms with Crippen molar-refractivity contribution in [2.24, 2.45) is 0 Å². The SMILES string of the molecule is CN1CCN(S(=O)(=O)c2cccc(NC(=O)c3cc4c(F)cccc4s3)c2)CC1. The van der Waals surface area contributed by atoms with E-state index in [0.29, 0.717) is 46.8 Å². The highest BCUT2D eigenvalue weighted by Gasteiger charge is 2.27. The van der Waals surface area contributed by atoms with Gasteiger partial charge >= 0.3 is 0 Å². The predicted molar refractivity (Wildman–Crippen MR) is 112 cm³/mol. The molecular formula is C20H20FN3O3S2. The molecule has 0 spiro atoms. The lowest BCUT2D eigenvalue weighted by atomic mass is 10.2. The number of likely N-dealkylation sites (N-methyl/N-ethyl adjacent to an activating group) is 1. The molecule has 0 aliphatic carbocycles. The number of nitrogens with one attached hydrogen (secondary N) is 1. The van der Waals surface area contributed by atoms with Crippen molar-refractivity contribution in [3.05, 3.63) is 59.2 Å². The van der Waals surface area contributed by atoms with Gasteiger partial charge in [0.15, 0.2) is 0 Å². The monoisotopic (exact) mass is 433 g/mol. The summed E-state index contributed by atoms with van der Waals surface area (Å²) in [5.41, 5.74) is 0.378. The van der Waals surface area contributed by atoms with Gasteiger partial charge in [-0.1, -0.05) is 12.1 Å². The highest BCUT2D eigenvalue weighted by Crippen LogP contribution is 2.28. The largest absolute Gasteiger partial charge is 0.321 e. The van der Waals surface area contributed by atoms with Gasteiger partial charge in [-0.2, -0.15) is 4.31 Å². The zero-order valence-corrected chi connectivity index (χ0v) is 17.4. The zero-order chi connectivity index (χ0) is 20.6. The summed E-state index contributed by atoms with van der Waals surface area (Å²) in [6.07, 6.45) is 0. The maximum absolute atomic E-state index is 13.9. The molecule has 0 unspecified atom stereocenters. The van der Waals surface area contributed by atoms with Gasteiger partial charge in [0.1, 0.15) is 5.82 Å². The van der Waals surface area contributed by atoms with Crippen LogP contribution in [0.5, 0.6) is 0 Å². The highest BCUT2D eigenvalue weighted by atomic mass is 32.2. The number of hydrogen-bond acceptors (Lipinski definition) is 5. The second-order valence-electron chi connectivity index (χ2n) is 6.95. The van der Waals surface area contributed by atoms with Gasteiger partial charge in [0.2, 0.25) is 10.0 Å². The first-order valence-corrected chi connectivity index (χ1v) is 11.4. The standard InChI is InChI=1S/C20H20FN3O3S2/c1-23-8-10-24(11-9-23)29(26,27)15-5-2-4-14(12-15)22-20(25)19-13-16-17(21)6-3-7-18(16)28-19/h2-7,12-13H,8-11H2,1H3,(H,22,25). The normalized spacial score (nSPS) is 16.2. The van der Waals surface area contributed by atoms with E-state index in [1.54, 1.807) is 24.3 Å². The number of nitrogens with zero attached hydrogens (tertiary/aromatic N) is 2. The lowest BCUT2D eigenvalue weighted by Crippen LogP contribution is -2.47. The molecule has 1 aliphatic rings.